The number of β-amino-alcohol motifs (C(OH)–C–C–N with tert-alkyl or cyclic N) is 1. The molecule has 120 valence electrons. The van der Waals surface area contributed by atoms with Crippen molar-refractivity contribution in [3.63, 3.8) is 0 Å². The molecule has 6 heteroatoms. The van der Waals surface area contributed by atoms with Crippen molar-refractivity contribution in [2.45, 2.75) is 25.5 Å². The number of aliphatic hydroxyl groups is 2. The van der Waals surface area contributed by atoms with Gasteiger partial charge < -0.3 is 20.0 Å². The maximum absolute atomic E-state index is 10.1. The second kappa shape index (κ2) is 8.48. The van der Waals surface area contributed by atoms with Crippen molar-refractivity contribution >= 4 is 0 Å². The van der Waals surface area contributed by atoms with E-state index < -0.39 is 0 Å². The average Bonchev–Trinajstić information content (AvgIpc) is 2.93. The molecule has 1 atom stereocenters. The maximum atomic E-state index is 10.1. The molecule has 0 aromatic carbocycles. The van der Waals surface area contributed by atoms with Crippen molar-refractivity contribution in [2.24, 2.45) is 5.92 Å². The molecular weight excluding hydrogens is 268 g/mol. The fourth-order valence-electron chi connectivity index (χ4n) is 3.09. The van der Waals surface area contributed by atoms with Gasteiger partial charge in [-0.05, 0) is 45.0 Å². The van der Waals surface area contributed by atoms with Gasteiger partial charge in [-0.2, -0.15) is 5.10 Å². The van der Waals surface area contributed by atoms with E-state index in [0.717, 1.165) is 26.2 Å². The molecule has 6 nitrogen and oxygen atoms in total. The van der Waals surface area contributed by atoms with Gasteiger partial charge in [0.1, 0.15) is 0 Å². The Labute approximate surface area is 127 Å². The quantitative estimate of drug-likeness (QED) is 0.700. The number of nitrogens with zero attached hydrogens (tertiary/aromatic N) is 4. The first kappa shape index (κ1) is 16.4. The Morgan fingerprint density at radius 3 is 2.76 bits per heavy atom. The van der Waals surface area contributed by atoms with Crippen molar-refractivity contribution < 1.29 is 10.2 Å². The molecule has 0 saturated carbocycles. The van der Waals surface area contributed by atoms with Gasteiger partial charge in [0.05, 0.1) is 19.3 Å². The van der Waals surface area contributed by atoms with Crippen LogP contribution in [0, 0.1) is 5.92 Å². The van der Waals surface area contributed by atoms with Gasteiger partial charge in [-0.3, -0.25) is 4.68 Å². The van der Waals surface area contributed by atoms with Gasteiger partial charge in [-0.25, -0.2) is 0 Å². The highest BCUT2D eigenvalue weighted by Gasteiger charge is 2.20. The lowest BCUT2D eigenvalue weighted by Gasteiger charge is -2.34. The van der Waals surface area contributed by atoms with Crippen LogP contribution in [0.3, 0.4) is 0 Å². The molecule has 1 aromatic rings. The molecular formula is C15H28N4O2. The Balaban J connectivity index is 1.64. The topological polar surface area (TPSA) is 64.8 Å². The molecule has 0 bridgehead atoms. The van der Waals surface area contributed by atoms with Crippen molar-refractivity contribution in [1.82, 2.24) is 19.6 Å². The minimum atomic E-state index is -0.385. The van der Waals surface area contributed by atoms with Gasteiger partial charge in [-0.15, -0.1) is 0 Å². The summed E-state index contributed by atoms with van der Waals surface area (Å²) in [5.74, 6) is 0.696. The molecule has 0 amide bonds. The van der Waals surface area contributed by atoms with Gasteiger partial charge in [0.25, 0.3) is 0 Å². The second-order valence-electron chi connectivity index (χ2n) is 6.11. The molecule has 0 radical (unpaired) electrons. The molecule has 2 N–H and O–H groups in total. The van der Waals surface area contributed by atoms with E-state index in [1.165, 1.54) is 12.8 Å². The molecule has 1 aliphatic rings. The minimum absolute atomic E-state index is 0.254. The number of piperidine rings is 1. The summed E-state index contributed by atoms with van der Waals surface area (Å²) in [6, 6.07) is 1.87. The van der Waals surface area contributed by atoms with Crippen LogP contribution in [0.5, 0.6) is 0 Å². The van der Waals surface area contributed by atoms with Gasteiger partial charge >= 0.3 is 0 Å². The summed E-state index contributed by atoms with van der Waals surface area (Å²) in [4.78, 5) is 4.55. The lowest BCUT2D eigenvalue weighted by Crippen LogP contribution is -2.41. The van der Waals surface area contributed by atoms with Gasteiger partial charge in [-0.1, -0.05) is 0 Å². The number of likely N-dealkylation sites (N-methyl/N-ethyl adjacent to an activating group) is 1. The standard InChI is InChI=1S/C15H28N4O2/c1-17(12-15(21)13-19-6-2-5-16-19)11-14-3-7-18(8-4-14)9-10-20/h2,5-6,14-15,20-21H,3-4,7-13H2,1H3/t15-/m1/s1. The summed E-state index contributed by atoms with van der Waals surface area (Å²) in [5, 5.41) is 23.2. The lowest BCUT2D eigenvalue weighted by atomic mass is 9.96. The lowest BCUT2D eigenvalue weighted by molar-refractivity contribution is 0.0854. The number of hydrogen-bond donors (Lipinski definition) is 2. The Kier molecular flexibility index (Phi) is 6.63. The number of rotatable bonds is 8. The molecule has 1 aromatic heterocycles. The monoisotopic (exact) mass is 296 g/mol. The van der Waals surface area contributed by atoms with Crippen LogP contribution < -0.4 is 0 Å². The van der Waals surface area contributed by atoms with Crippen molar-refractivity contribution in [3.8, 4) is 0 Å². The van der Waals surface area contributed by atoms with Crippen molar-refractivity contribution in [2.75, 3.05) is 46.4 Å². The largest absolute Gasteiger partial charge is 0.395 e. The van der Waals surface area contributed by atoms with Crippen LogP contribution in [0.15, 0.2) is 18.5 Å². The zero-order chi connectivity index (χ0) is 15.1. The molecule has 0 aliphatic carbocycles. The zero-order valence-electron chi connectivity index (χ0n) is 12.9. The van der Waals surface area contributed by atoms with E-state index in [1.54, 1.807) is 10.9 Å². The molecule has 0 spiro atoms. The minimum Gasteiger partial charge on any atom is -0.395 e. The number of aromatic nitrogens is 2. The third-order valence-corrected chi connectivity index (χ3v) is 4.17. The molecule has 1 fully saturated rings. The molecule has 21 heavy (non-hydrogen) atoms. The summed E-state index contributed by atoms with van der Waals surface area (Å²) in [6.07, 6.45) is 5.58. The molecule has 1 saturated heterocycles. The van der Waals surface area contributed by atoms with Crippen LogP contribution in [-0.4, -0.2) is 82.3 Å². The maximum Gasteiger partial charge on any atom is 0.0862 e. The van der Waals surface area contributed by atoms with Gasteiger partial charge in [0, 0.05) is 32.0 Å². The van der Waals surface area contributed by atoms with Crippen LogP contribution in [-0.2, 0) is 6.54 Å². The normalized spacial score (nSPS) is 19.2. The van der Waals surface area contributed by atoms with Crippen molar-refractivity contribution in [3.05, 3.63) is 18.5 Å². The van der Waals surface area contributed by atoms with Gasteiger partial charge in [0.15, 0.2) is 0 Å². The van der Waals surface area contributed by atoms with Crippen LogP contribution in [0.4, 0.5) is 0 Å². The highest BCUT2D eigenvalue weighted by atomic mass is 16.3. The first-order valence-electron chi connectivity index (χ1n) is 7.84. The Morgan fingerprint density at radius 2 is 2.14 bits per heavy atom. The third-order valence-electron chi connectivity index (χ3n) is 4.17. The van der Waals surface area contributed by atoms with Crippen LogP contribution in [0.25, 0.3) is 0 Å². The SMILES string of the molecule is CN(CC1CCN(CCO)CC1)C[C@@H](O)Cn1cccn1. The molecule has 2 heterocycles. The molecule has 0 unspecified atom stereocenters. The highest BCUT2D eigenvalue weighted by molar-refractivity contribution is 4.79. The Bertz CT molecular complexity index is 377. The first-order valence-corrected chi connectivity index (χ1v) is 7.84. The first-order chi connectivity index (χ1) is 10.2. The summed E-state index contributed by atoms with van der Waals surface area (Å²) in [5.41, 5.74) is 0. The van der Waals surface area contributed by atoms with E-state index in [0.29, 0.717) is 19.0 Å². The highest BCUT2D eigenvalue weighted by Crippen LogP contribution is 2.17. The fourth-order valence-corrected chi connectivity index (χ4v) is 3.09. The molecule has 2 rings (SSSR count). The summed E-state index contributed by atoms with van der Waals surface area (Å²) >= 11 is 0. The van der Waals surface area contributed by atoms with Crippen LogP contribution in [0.2, 0.25) is 0 Å². The van der Waals surface area contributed by atoms with Crippen LogP contribution >= 0.6 is 0 Å². The summed E-state index contributed by atoms with van der Waals surface area (Å²) in [6.45, 7) is 5.46. The number of aliphatic hydroxyl groups excluding tert-OH is 2. The summed E-state index contributed by atoms with van der Waals surface area (Å²) in [7, 11) is 2.08. The third kappa shape index (κ3) is 5.74. The zero-order valence-corrected chi connectivity index (χ0v) is 12.9. The van der Waals surface area contributed by atoms with E-state index in [4.69, 9.17) is 5.11 Å². The van der Waals surface area contributed by atoms with Gasteiger partial charge in [0.2, 0.25) is 0 Å². The number of hydrogen-bond acceptors (Lipinski definition) is 5. The Hall–Kier alpha value is -0.950. The fraction of sp³-hybridized carbons (Fsp3) is 0.800. The summed E-state index contributed by atoms with van der Waals surface area (Å²) < 4.78 is 1.77. The molecule has 1 aliphatic heterocycles. The average molecular weight is 296 g/mol. The van der Waals surface area contributed by atoms with E-state index in [9.17, 15) is 5.11 Å². The van der Waals surface area contributed by atoms with Crippen LogP contribution in [0.1, 0.15) is 12.8 Å². The predicted octanol–water partition coefficient (Wildman–Crippen LogP) is -0.120. The van der Waals surface area contributed by atoms with E-state index in [2.05, 4.69) is 21.9 Å². The predicted molar refractivity (Wildman–Crippen MR) is 82.0 cm³/mol. The van der Waals surface area contributed by atoms with Crippen molar-refractivity contribution in [1.29, 1.82) is 0 Å². The van der Waals surface area contributed by atoms with E-state index in [1.807, 2.05) is 12.3 Å². The van der Waals surface area contributed by atoms with E-state index in [-0.39, 0.29) is 12.7 Å². The van der Waals surface area contributed by atoms with E-state index >= 15 is 0 Å². The Morgan fingerprint density at radius 1 is 1.38 bits per heavy atom. The second-order valence-corrected chi connectivity index (χ2v) is 6.11. The smallest absolute Gasteiger partial charge is 0.0862 e. The number of likely N-dealkylation sites (tertiary alicyclic amines) is 1.